The zero-order valence-corrected chi connectivity index (χ0v) is 19.5. The lowest BCUT2D eigenvalue weighted by Gasteiger charge is -2.32. The molecule has 1 saturated carbocycles. The van der Waals surface area contributed by atoms with Crippen LogP contribution in [0.4, 0.5) is 10.5 Å². The molecule has 0 aromatic heterocycles. The van der Waals surface area contributed by atoms with E-state index in [2.05, 4.69) is 0 Å². The monoisotopic (exact) mass is 452 g/mol. The highest BCUT2D eigenvalue weighted by atomic mass is 16.6. The molecule has 3 rings (SSSR count). The molecule has 7 nitrogen and oxygen atoms in total. The Hall–Kier alpha value is -3.35. The summed E-state index contributed by atoms with van der Waals surface area (Å²) in [5.74, 6) is -1.22. The van der Waals surface area contributed by atoms with Gasteiger partial charge in [0, 0.05) is 5.69 Å². The third kappa shape index (κ3) is 6.81. The van der Waals surface area contributed by atoms with Gasteiger partial charge in [0.1, 0.15) is 11.7 Å². The summed E-state index contributed by atoms with van der Waals surface area (Å²) < 4.78 is 11.3. The smallest absolute Gasteiger partial charge is 0.418 e. The van der Waals surface area contributed by atoms with Crippen LogP contribution >= 0.6 is 0 Å². The molecule has 0 bridgehead atoms. The number of rotatable bonds is 6. The maximum absolute atomic E-state index is 13.5. The standard InChI is InChI=1S/C26H32N2O5/c1-26(2,3)33-25(31)28(22(29)17-18-10-9-13-20(27)16-18)23(19-11-5-4-6-12-19)24(30)32-21-14-7-8-15-21/h4-6,9-13,16,21,23H,7-8,14-15,17,27H2,1-3H3/t23-/m0/s1. The summed E-state index contributed by atoms with van der Waals surface area (Å²) in [5, 5.41) is 0. The number of nitrogen functional groups attached to an aromatic ring is 1. The van der Waals surface area contributed by atoms with Crippen molar-refractivity contribution in [1.82, 2.24) is 4.90 Å². The van der Waals surface area contributed by atoms with Crippen LogP contribution in [-0.4, -0.2) is 34.6 Å². The van der Waals surface area contributed by atoms with E-state index >= 15 is 0 Å². The van der Waals surface area contributed by atoms with Crippen LogP contribution in [0, 0.1) is 0 Å². The molecule has 0 heterocycles. The van der Waals surface area contributed by atoms with Crippen molar-refractivity contribution < 1.29 is 23.9 Å². The third-order valence-corrected chi connectivity index (χ3v) is 5.35. The number of hydrogen-bond acceptors (Lipinski definition) is 6. The summed E-state index contributed by atoms with van der Waals surface area (Å²) >= 11 is 0. The van der Waals surface area contributed by atoms with Crippen LogP contribution in [0.2, 0.25) is 0 Å². The van der Waals surface area contributed by atoms with Gasteiger partial charge in [-0.2, -0.15) is 0 Å². The van der Waals surface area contributed by atoms with Gasteiger partial charge in [-0.15, -0.1) is 0 Å². The molecule has 0 unspecified atom stereocenters. The minimum atomic E-state index is -1.25. The van der Waals surface area contributed by atoms with Crippen molar-refractivity contribution >= 4 is 23.7 Å². The van der Waals surface area contributed by atoms with E-state index in [1.165, 1.54) is 0 Å². The first-order valence-corrected chi connectivity index (χ1v) is 11.3. The molecule has 33 heavy (non-hydrogen) atoms. The van der Waals surface area contributed by atoms with Crippen molar-refractivity contribution in [2.45, 2.75) is 70.6 Å². The molecule has 1 atom stereocenters. The van der Waals surface area contributed by atoms with Gasteiger partial charge in [-0.3, -0.25) is 4.79 Å². The summed E-state index contributed by atoms with van der Waals surface area (Å²) in [6.07, 6.45) is 2.29. The Labute approximate surface area is 194 Å². The lowest BCUT2D eigenvalue weighted by atomic mass is 10.0. The molecule has 0 radical (unpaired) electrons. The van der Waals surface area contributed by atoms with Gasteiger partial charge in [0.25, 0.3) is 0 Å². The van der Waals surface area contributed by atoms with Crippen molar-refractivity contribution in [2.24, 2.45) is 0 Å². The van der Waals surface area contributed by atoms with Gasteiger partial charge in [-0.1, -0.05) is 42.5 Å². The predicted molar refractivity (Wildman–Crippen MR) is 125 cm³/mol. The van der Waals surface area contributed by atoms with E-state index in [1.54, 1.807) is 75.4 Å². The lowest BCUT2D eigenvalue weighted by molar-refractivity contribution is -0.159. The number of nitrogens with zero attached hydrogens (tertiary/aromatic N) is 1. The normalized spacial score (nSPS) is 15.0. The van der Waals surface area contributed by atoms with E-state index in [4.69, 9.17) is 15.2 Å². The fraction of sp³-hybridized carbons (Fsp3) is 0.423. The Kier molecular flexibility index (Phi) is 7.74. The largest absolute Gasteiger partial charge is 0.461 e. The van der Waals surface area contributed by atoms with E-state index in [-0.39, 0.29) is 12.5 Å². The summed E-state index contributed by atoms with van der Waals surface area (Å²) in [7, 11) is 0. The van der Waals surface area contributed by atoms with E-state index in [1.807, 2.05) is 0 Å². The summed E-state index contributed by atoms with van der Waals surface area (Å²) in [4.78, 5) is 41.0. The molecular formula is C26H32N2O5. The number of imide groups is 1. The van der Waals surface area contributed by atoms with Crippen molar-refractivity contribution in [3.8, 4) is 0 Å². The highest BCUT2D eigenvalue weighted by Crippen LogP contribution is 2.29. The second-order valence-corrected chi connectivity index (χ2v) is 9.32. The van der Waals surface area contributed by atoms with Crippen molar-refractivity contribution in [1.29, 1.82) is 0 Å². The first-order valence-electron chi connectivity index (χ1n) is 11.3. The molecule has 2 aromatic rings. The molecule has 2 N–H and O–H groups in total. The second-order valence-electron chi connectivity index (χ2n) is 9.32. The minimum absolute atomic E-state index is 0.121. The maximum Gasteiger partial charge on any atom is 0.418 e. The number of anilines is 1. The van der Waals surface area contributed by atoms with Crippen molar-refractivity contribution in [3.05, 3.63) is 65.7 Å². The van der Waals surface area contributed by atoms with Gasteiger partial charge in [0.2, 0.25) is 5.91 Å². The van der Waals surface area contributed by atoms with Crippen molar-refractivity contribution in [2.75, 3.05) is 5.73 Å². The molecule has 0 spiro atoms. The van der Waals surface area contributed by atoms with Crippen LogP contribution in [0.3, 0.4) is 0 Å². The predicted octanol–water partition coefficient (Wildman–Crippen LogP) is 4.80. The van der Waals surface area contributed by atoms with Crippen LogP contribution in [0.15, 0.2) is 54.6 Å². The highest BCUT2D eigenvalue weighted by Gasteiger charge is 2.40. The summed E-state index contributed by atoms with van der Waals surface area (Å²) in [6.45, 7) is 5.12. The van der Waals surface area contributed by atoms with Crippen LogP contribution in [0.1, 0.15) is 63.6 Å². The van der Waals surface area contributed by atoms with Crippen LogP contribution in [0.5, 0.6) is 0 Å². The van der Waals surface area contributed by atoms with Crippen LogP contribution in [0.25, 0.3) is 0 Å². The molecule has 0 saturated heterocycles. The zero-order valence-electron chi connectivity index (χ0n) is 19.5. The Bertz CT molecular complexity index is 978. The summed E-state index contributed by atoms with van der Waals surface area (Å²) in [5.41, 5.74) is 6.61. The molecule has 2 aromatic carbocycles. The quantitative estimate of drug-likeness (QED) is 0.499. The number of benzene rings is 2. The van der Waals surface area contributed by atoms with E-state index in [0.29, 0.717) is 16.8 Å². The maximum atomic E-state index is 13.5. The Morgan fingerprint density at radius 2 is 1.70 bits per heavy atom. The Morgan fingerprint density at radius 1 is 1.03 bits per heavy atom. The number of carbonyl (C=O) groups excluding carboxylic acids is 3. The average molecular weight is 453 g/mol. The van der Waals surface area contributed by atoms with Gasteiger partial charge >= 0.3 is 12.1 Å². The third-order valence-electron chi connectivity index (χ3n) is 5.35. The Balaban J connectivity index is 1.98. The van der Waals surface area contributed by atoms with Crippen LogP contribution in [-0.2, 0) is 25.5 Å². The van der Waals surface area contributed by atoms with Gasteiger partial charge in [0.15, 0.2) is 6.04 Å². The minimum Gasteiger partial charge on any atom is -0.461 e. The molecule has 1 aliphatic carbocycles. The van der Waals surface area contributed by atoms with E-state index in [9.17, 15) is 14.4 Å². The molecule has 0 aliphatic heterocycles. The molecule has 176 valence electrons. The molecule has 1 aliphatic rings. The number of nitrogens with two attached hydrogens (primary N) is 1. The molecule has 7 heteroatoms. The van der Waals surface area contributed by atoms with E-state index < -0.39 is 29.6 Å². The first-order chi connectivity index (χ1) is 15.6. The zero-order chi connectivity index (χ0) is 24.0. The van der Waals surface area contributed by atoms with Gasteiger partial charge < -0.3 is 15.2 Å². The number of carbonyl (C=O) groups is 3. The summed E-state index contributed by atoms with van der Waals surface area (Å²) in [6, 6.07) is 14.3. The topological polar surface area (TPSA) is 98.9 Å². The Morgan fingerprint density at radius 3 is 2.30 bits per heavy atom. The van der Waals surface area contributed by atoms with E-state index in [0.717, 1.165) is 30.6 Å². The van der Waals surface area contributed by atoms with Gasteiger partial charge in [0.05, 0.1) is 6.42 Å². The molecule has 1 fully saturated rings. The number of hydrogen-bond donors (Lipinski definition) is 1. The number of esters is 1. The highest BCUT2D eigenvalue weighted by molar-refractivity contribution is 5.98. The van der Waals surface area contributed by atoms with Crippen LogP contribution < -0.4 is 5.73 Å². The molecule has 2 amide bonds. The first kappa shape index (κ1) is 24.3. The van der Waals surface area contributed by atoms with Gasteiger partial charge in [-0.05, 0) is 69.7 Å². The molecular weight excluding hydrogens is 420 g/mol. The number of ether oxygens (including phenoxy) is 2. The number of amides is 2. The lowest BCUT2D eigenvalue weighted by Crippen LogP contribution is -2.47. The second kappa shape index (κ2) is 10.5. The van der Waals surface area contributed by atoms with Gasteiger partial charge in [-0.25, -0.2) is 14.5 Å². The fourth-order valence-corrected chi connectivity index (χ4v) is 3.89. The average Bonchev–Trinajstić information content (AvgIpc) is 3.24. The van der Waals surface area contributed by atoms with Crippen molar-refractivity contribution in [3.63, 3.8) is 0 Å². The fourth-order valence-electron chi connectivity index (χ4n) is 3.89. The SMILES string of the molecule is CC(C)(C)OC(=O)N(C(=O)Cc1cccc(N)c1)[C@H](C(=O)OC1CCCC1)c1ccccc1.